The van der Waals surface area contributed by atoms with E-state index in [1.165, 1.54) is 6.07 Å². The van der Waals surface area contributed by atoms with Crippen molar-refractivity contribution in [1.82, 2.24) is 0 Å². The van der Waals surface area contributed by atoms with Gasteiger partial charge in [0.15, 0.2) is 0 Å². The highest BCUT2D eigenvalue weighted by atomic mass is 32.2. The van der Waals surface area contributed by atoms with Crippen LogP contribution >= 0.6 is 0 Å². The molecule has 0 saturated carbocycles. The van der Waals surface area contributed by atoms with Crippen LogP contribution in [0.5, 0.6) is 0 Å². The number of hydrogen-bond donors (Lipinski definition) is 0. The van der Waals surface area contributed by atoms with Crippen LogP contribution in [0.15, 0.2) is 27.5 Å². The normalized spacial score (nSPS) is 17.5. The zero-order chi connectivity index (χ0) is 15.5. The Morgan fingerprint density at radius 2 is 2.24 bits per heavy atom. The van der Waals surface area contributed by atoms with Gasteiger partial charge in [-0.15, -0.1) is 0 Å². The maximum Gasteiger partial charge on any atom is 0.341 e. The average Bonchev–Trinajstić information content (AvgIpc) is 2.41. The first kappa shape index (κ1) is 15.4. The largest absolute Gasteiger partial charge is 0.432 e. The van der Waals surface area contributed by atoms with E-state index in [0.29, 0.717) is 25.0 Å². The van der Waals surface area contributed by atoms with Gasteiger partial charge in [0.05, 0.1) is 12.2 Å². The predicted octanol–water partition coefficient (Wildman–Crippen LogP) is 1.18. The highest BCUT2D eigenvalue weighted by Gasteiger charge is 2.29. The Hall–Kier alpha value is -2.02. The molecule has 1 heterocycles. The molecule has 1 aliphatic heterocycles. The Balaban J connectivity index is 2.49. The number of aryl methyl sites for hydroxylation is 1. The Labute approximate surface area is 121 Å². The molecule has 1 atom stereocenters. The number of esters is 1. The van der Waals surface area contributed by atoms with Crippen LogP contribution in [0.3, 0.4) is 0 Å². The molecule has 0 radical (unpaired) electrons. The molecule has 0 aliphatic carbocycles. The molecule has 1 aliphatic rings. The summed E-state index contributed by atoms with van der Waals surface area (Å²) in [5, 5.41) is 0. The first-order chi connectivity index (χ1) is 9.99. The number of ether oxygens (including phenoxy) is 2. The highest BCUT2D eigenvalue weighted by molar-refractivity contribution is 7.90. The fourth-order valence-corrected chi connectivity index (χ4v) is 3.08. The summed E-state index contributed by atoms with van der Waals surface area (Å²) in [6.07, 6.45) is 1.25. The van der Waals surface area contributed by atoms with E-state index in [4.69, 9.17) is 9.47 Å². The van der Waals surface area contributed by atoms with E-state index in [1.54, 1.807) is 19.1 Å². The maximum absolute atomic E-state index is 12.1. The summed E-state index contributed by atoms with van der Waals surface area (Å²) in [6, 6.07) is 4.40. The molecule has 1 saturated heterocycles. The molecule has 1 fully saturated rings. The second kappa shape index (κ2) is 6.17. The molecule has 0 spiro atoms. The van der Waals surface area contributed by atoms with Gasteiger partial charge in [-0.05, 0) is 18.1 Å². The van der Waals surface area contributed by atoms with Gasteiger partial charge in [0.2, 0.25) is 6.29 Å². The number of isocyanates is 1. The minimum Gasteiger partial charge on any atom is -0.432 e. The number of rotatable bonds is 5. The summed E-state index contributed by atoms with van der Waals surface area (Å²) in [6.45, 7) is 2.22. The minimum absolute atomic E-state index is 0.163. The van der Waals surface area contributed by atoms with E-state index in [1.807, 2.05) is 0 Å². The summed E-state index contributed by atoms with van der Waals surface area (Å²) in [4.78, 5) is 22.1. The van der Waals surface area contributed by atoms with Crippen LogP contribution in [0.1, 0.15) is 29.3 Å². The van der Waals surface area contributed by atoms with Crippen LogP contribution in [-0.4, -0.2) is 33.4 Å². The Kier molecular flexibility index (Phi) is 4.52. The molecular weight excluding hydrogens is 298 g/mol. The van der Waals surface area contributed by atoms with Gasteiger partial charge in [-0.3, -0.25) is 0 Å². The van der Waals surface area contributed by atoms with Gasteiger partial charge < -0.3 is 9.47 Å². The second-order valence-electron chi connectivity index (χ2n) is 4.30. The third-order valence-electron chi connectivity index (χ3n) is 3.01. The molecule has 1 aromatic carbocycles. The zero-order valence-electron chi connectivity index (χ0n) is 11.2. The Morgan fingerprint density at radius 1 is 1.52 bits per heavy atom. The molecule has 1 aromatic rings. The third-order valence-corrected chi connectivity index (χ3v) is 4.32. The lowest BCUT2D eigenvalue weighted by atomic mass is 10.1. The SMILES string of the molecule is CCc1cccc(C(=O)OC2CCO2)c1S(=O)(=O)N=C=O. The lowest BCUT2D eigenvalue weighted by Crippen LogP contribution is -2.32. The van der Waals surface area contributed by atoms with Crippen molar-refractivity contribution in [2.75, 3.05) is 6.61 Å². The van der Waals surface area contributed by atoms with E-state index in [9.17, 15) is 18.0 Å². The van der Waals surface area contributed by atoms with Gasteiger partial charge in [-0.1, -0.05) is 23.5 Å². The van der Waals surface area contributed by atoms with Gasteiger partial charge >= 0.3 is 5.97 Å². The molecule has 0 bridgehead atoms. The van der Waals surface area contributed by atoms with Gasteiger partial charge in [0.1, 0.15) is 4.90 Å². The third kappa shape index (κ3) is 3.18. The average molecular weight is 311 g/mol. The molecule has 0 aromatic heterocycles. The summed E-state index contributed by atoms with van der Waals surface area (Å²) in [7, 11) is -4.29. The molecule has 8 heteroatoms. The minimum atomic E-state index is -4.29. The van der Waals surface area contributed by atoms with Crippen molar-refractivity contribution in [3.8, 4) is 0 Å². The van der Waals surface area contributed by atoms with E-state index >= 15 is 0 Å². The van der Waals surface area contributed by atoms with Crippen molar-refractivity contribution in [2.24, 2.45) is 4.40 Å². The predicted molar refractivity (Wildman–Crippen MR) is 70.9 cm³/mol. The van der Waals surface area contributed by atoms with Crippen LogP contribution in [0.4, 0.5) is 0 Å². The summed E-state index contributed by atoms with van der Waals surface area (Å²) in [5.74, 6) is -0.824. The molecule has 0 amide bonds. The van der Waals surface area contributed by atoms with Crippen molar-refractivity contribution >= 4 is 22.1 Å². The van der Waals surface area contributed by atoms with Crippen molar-refractivity contribution < 1.29 is 27.5 Å². The van der Waals surface area contributed by atoms with Crippen LogP contribution < -0.4 is 0 Å². The van der Waals surface area contributed by atoms with Crippen LogP contribution in [0, 0.1) is 0 Å². The van der Waals surface area contributed by atoms with Gasteiger partial charge in [0, 0.05) is 6.42 Å². The summed E-state index contributed by atoms with van der Waals surface area (Å²) < 4.78 is 36.9. The molecule has 7 nitrogen and oxygen atoms in total. The quantitative estimate of drug-likeness (QED) is 0.460. The van der Waals surface area contributed by atoms with Crippen LogP contribution in [0.25, 0.3) is 0 Å². The molecule has 0 N–H and O–H groups in total. The zero-order valence-corrected chi connectivity index (χ0v) is 12.1. The Morgan fingerprint density at radius 3 is 2.76 bits per heavy atom. The number of hydrogen-bond acceptors (Lipinski definition) is 6. The second-order valence-corrected chi connectivity index (χ2v) is 5.84. The lowest BCUT2D eigenvalue weighted by Gasteiger charge is -2.26. The topological polar surface area (TPSA) is 99.1 Å². The maximum atomic E-state index is 12.1. The molecule has 1 unspecified atom stereocenters. The lowest BCUT2D eigenvalue weighted by molar-refractivity contribution is -0.184. The van der Waals surface area contributed by atoms with Crippen molar-refractivity contribution in [1.29, 1.82) is 0 Å². The number of sulfonamides is 1. The van der Waals surface area contributed by atoms with Crippen molar-refractivity contribution in [2.45, 2.75) is 31.0 Å². The number of benzene rings is 1. The molecule has 21 heavy (non-hydrogen) atoms. The summed E-state index contributed by atoms with van der Waals surface area (Å²) in [5.41, 5.74) is 0.210. The van der Waals surface area contributed by atoms with Gasteiger partial charge in [-0.2, -0.15) is 8.42 Å². The summed E-state index contributed by atoms with van der Waals surface area (Å²) >= 11 is 0. The molecular formula is C13H13NO6S. The van der Waals surface area contributed by atoms with Gasteiger partial charge in [-0.25, -0.2) is 9.59 Å². The fourth-order valence-electron chi connectivity index (χ4n) is 1.91. The van der Waals surface area contributed by atoms with E-state index < -0.39 is 22.3 Å². The smallest absolute Gasteiger partial charge is 0.341 e. The van der Waals surface area contributed by atoms with E-state index in [-0.39, 0.29) is 10.5 Å². The van der Waals surface area contributed by atoms with Crippen molar-refractivity contribution in [3.05, 3.63) is 29.3 Å². The van der Waals surface area contributed by atoms with Gasteiger partial charge in [0.25, 0.3) is 16.1 Å². The number of nitrogens with zero attached hydrogens (tertiary/aromatic N) is 1. The first-order valence-electron chi connectivity index (χ1n) is 6.28. The molecule has 112 valence electrons. The van der Waals surface area contributed by atoms with E-state index in [0.717, 1.165) is 6.08 Å². The number of carbonyl (C=O) groups is 1. The highest BCUT2D eigenvalue weighted by Crippen LogP contribution is 2.25. The van der Waals surface area contributed by atoms with Crippen LogP contribution in [-0.2, 0) is 30.7 Å². The number of carbonyl (C=O) groups excluding carboxylic acids is 2. The van der Waals surface area contributed by atoms with E-state index in [2.05, 4.69) is 4.40 Å². The van der Waals surface area contributed by atoms with Crippen molar-refractivity contribution in [3.63, 3.8) is 0 Å². The Bertz CT molecular complexity index is 701. The fraction of sp³-hybridized carbons (Fsp3) is 0.385. The molecule has 2 rings (SSSR count). The standard InChI is InChI=1S/C13H13NO6S/c1-2-9-4-3-5-10(12(9)21(17,18)14-8-15)13(16)20-11-6-7-19-11/h3-5,11H,2,6-7H2,1H3. The first-order valence-corrected chi connectivity index (χ1v) is 7.72. The monoisotopic (exact) mass is 311 g/mol. The van der Waals surface area contributed by atoms with Crippen LogP contribution in [0.2, 0.25) is 0 Å².